The van der Waals surface area contributed by atoms with Gasteiger partial charge in [-0.15, -0.1) is 0 Å². The molecular weight excluding hydrogens is 222 g/mol. The van der Waals surface area contributed by atoms with Crippen molar-refractivity contribution in [2.24, 2.45) is 5.73 Å². The van der Waals surface area contributed by atoms with E-state index >= 15 is 0 Å². The van der Waals surface area contributed by atoms with Gasteiger partial charge in [-0.1, -0.05) is 30.3 Å². The molecule has 2 rings (SSSR count). The Labute approximate surface area is 108 Å². The van der Waals surface area contributed by atoms with Gasteiger partial charge in [-0.05, 0) is 48.2 Å². The third kappa shape index (κ3) is 2.71. The number of rotatable bonds is 4. The van der Waals surface area contributed by atoms with Crippen LogP contribution in [0.1, 0.15) is 18.1 Å². The van der Waals surface area contributed by atoms with Crippen LogP contribution < -0.4 is 10.5 Å². The smallest absolute Gasteiger partial charge is 0.119 e. The lowest BCUT2D eigenvalue weighted by Crippen LogP contribution is -1.97. The predicted octanol–water partition coefficient (Wildman–Crippen LogP) is 3.52. The van der Waals surface area contributed by atoms with Gasteiger partial charge in [0.25, 0.3) is 0 Å². The molecule has 94 valence electrons. The Morgan fingerprint density at radius 1 is 1.11 bits per heavy atom. The number of aryl methyl sites for hydroxylation is 1. The fourth-order valence-corrected chi connectivity index (χ4v) is 2.10. The van der Waals surface area contributed by atoms with Gasteiger partial charge in [0.2, 0.25) is 0 Å². The van der Waals surface area contributed by atoms with Crippen LogP contribution in [0.15, 0.2) is 42.5 Å². The highest BCUT2D eigenvalue weighted by atomic mass is 16.5. The largest absolute Gasteiger partial charge is 0.494 e. The van der Waals surface area contributed by atoms with Gasteiger partial charge < -0.3 is 10.5 Å². The summed E-state index contributed by atoms with van der Waals surface area (Å²) in [4.78, 5) is 0. The van der Waals surface area contributed by atoms with E-state index in [1.54, 1.807) is 0 Å². The summed E-state index contributed by atoms with van der Waals surface area (Å²) in [6, 6.07) is 14.5. The third-order valence-electron chi connectivity index (χ3n) is 2.98. The van der Waals surface area contributed by atoms with E-state index in [0.29, 0.717) is 13.2 Å². The molecule has 0 spiro atoms. The normalized spacial score (nSPS) is 10.4. The molecule has 0 radical (unpaired) electrons. The minimum absolute atomic E-state index is 0.583. The lowest BCUT2D eigenvalue weighted by atomic mass is 9.98. The van der Waals surface area contributed by atoms with Crippen molar-refractivity contribution in [1.29, 1.82) is 0 Å². The number of hydrogen-bond acceptors (Lipinski definition) is 2. The van der Waals surface area contributed by atoms with Crippen LogP contribution >= 0.6 is 0 Å². The van der Waals surface area contributed by atoms with Gasteiger partial charge in [0.15, 0.2) is 0 Å². The van der Waals surface area contributed by atoms with Gasteiger partial charge in [-0.25, -0.2) is 0 Å². The molecule has 18 heavy (non-hydrogen) atoms. The van der Waals surface area contributed by atoms with E-state index in [1.165, 1.54) is 16.7 Å². The second kappa shape index (κ2) is 5.69. The topological polar surface area (TPSA) is 35.2 Å². The summed E-state index contributed by atoms with van der Waals surface area (Å²) in [5.74, 6) is 0.914. The van der Waals surface area contributed by atoms with Crippen molar-refractivity contribution in [3.8, 4) is 16.9 Å². The monoisotopic (exact) mass is 241 g/mol. The van der Waals surface area contributed by atoms with E-state index in [0.717, 1.165) is 11.3 Å². The Morgan fingerprint density at radius 3 is 2.61 bits per heavy atom. The Balaban J connectivity index is 2.38. The lowest BCUT2D eigenvalue weighted by molar-refractivity contribution is 0.340. The second-order valence-corrected chi connectivity index (χ2v) is 4.31. The fraction of sp³-hybridized carbons (Fsp3) is 0.250. The number of hydrogen-bond donors (Lipinski definition) is 1. The van der Waals surface area contributed by atoms with Crippen LogP contribution in [0.3, 0.4) is 0 Å². The standard InChI is InChI=1S/C16H19NO/c1-3-18-15-6-4-5-14(10-15)16-8-7-13(11-17)9-12(16)2/h4-10H,3,11,17H2,1-2H3. The number of benzene rings is 2. The minimum Gasteiger partial charge on any atom is -0.494 e. The van der Waals surface area contributed by atoms with Gasteiger partial charge in [0, 0.05) is 6.54 Å². The maximum absolute atomic E-state index is 5.65. The van der Waals surface area contributed by atoms with Crippen LogP contribution in [0, 0.1) is 6.92 Å². The molecule has 2 aromatic rings. The van der Waals surface area contributed by atoms with Gasteiger partial charge in [0.05, 0.1) is 6.61 Å². The number of nitrogens with two attached hydrogens (primary N) is 1. The molecule has 2 aromatic carbocycles. The molecule has 0 fully saturated rings. The summed E-state index contributed by atoms with van der Waals surface area (Å²) < 4.78 is 5.53. The van der Waals surface area contributed by atoms with Crippen LogP contribution in [0.5, 0.6) is 5.75 Å². The fourth-order valence-electron chi connectivity index (χ4n) is 2.10. The van der Waals surface area contributed by atoms with Crippen LogP contribution in [-0.4, -0.2) is 6.61 Å². The molecule has 0 saturated heterocycles. The second-order valence-electron chi connectivity index (χ2n) is 4.31. The predicted molar refractivity (Wildman–Crippen MR) is 75.7 cm³/mol. The van der Waals surface area contributed by atoms with Crippen molar-refractivity contribution in [3.63, 3.8) is 0 Å². The van der Waals surface area contributed by atoms with Gasteiger partial charge >= 0.3 is 0 Å². The average Bonchev–Trinajstić information content (AvgIpc) is 2.39. The van der Waals surface area contributed by atoms with Crippen LogP contribution in [-0.2, 0) is 6.54 Å². The van der Waals surface area contributed by atoms with Crippen LogP contribution in [0.4, 0.5) is 0 Å². The minimum atomic E-state index is 0.583. The van der Waals surface area contributed by atoms with Gasteiger partial charge in [-0.3, -0.25) is 0 Å². The van der Waals surface area contributed by atoms with E-state index in [1.807, 2.05) is 19.1 Å². The van der Waals surface area contributed by atoms with E-state index in [2.05, 4.69) is 37.3 Å². The average molecular weight is 241 g/mol. The lowest BCUT2D eigenvalue weighted by Gasteiger charge is -2.10. The SMILES string of the molecule is CCOc1cccc(-c2ccc(CN)cc2C)c1. The molecule has 2 heteroatoms. The molecule has 2 N–H and O–H groups in total. The highest BCUT2D eigenvalue weighted by molar-refractivity contribution is 5.68. The van der Waals surface area contributed by atoms with Crippen molar-refractivity contribution in [3.05, 3.63) is 53.6 Å². The first-order valence-electron chi connectivity index (χ1n) is 6.27. The molecule has 0 atom stereocenters. The van der Waals surface area contributed by atoms with E-state index in [4.69, 9.17) is 10.5 Å². The molecule has 0 saturated carbocycles. The van der Waals surface area contributed by atoms with Crippen molar-refractivity contribution in [2.75, 3.05) is 6.61 Å². The molecule has 2 nitrogen and oxygen atoms in total. The first-order valence-corrected chi connectivity index (χ1v) is 6.27. The van der Waals surface area contributed by atoms with E-state index in [-0.39, 0.29) is 0 Å². The number of ether oxygens (including phenoxy) is 1. The first-order chi connectivity index (χ1) is 8.74. The molecule has 0 unspecified atom stereocenters. The summed E-state index contributed by atoms with van der Waals surface area (Å²) >= 11 is 0. The molecular formula is C16H19NO. The zero-order chi connectivity index (χ0) is 13.0. The molecule has 0 aliphatic carbocycles. The van der Waals surface area contributed by atoms with Crippen LogP contribution in [0.25, 0.3) is 11.1 Å². The summed E-state index contributed by atoms with van der Waals surface area (Å²) in [7, 11) is 0. The maximum atomic E-state index is 5.65. The Morgan fingerprint density at radius 2 is 1.94 bits per heavy atom. The summed E-state index contributed by atoms with van der Waals surface area (Å²) in [6.07, 6.45) is 0. The summed E-state index contributed by atoms with van der Waals surface area (Å²) in [5, 5.41) is 0. The Bertz CT molecular complexity index is 534. The summed E-state index contributed by atoms with van der Waals surface area (Å²) in [6.45, 7) is 5.38. The zero-order valence-corrected chi connectivity index (χ0v) is 10.9. The van der Waals surface area contributed by atoms with Crippen molar-refractivity contribution in [1.82, 2.24) is 0 Å². The Kier molecular flexibility index (Phi) is 4.00. The Hall–Kier alpha value is -1.80. The van der Waals surface area contributed by atoms with Gasteiger partial charge in [-0.2, -0.15) is 0 Å². The summed E-state index contributed by atoms with van der Waals surface area (Å²) in [5.41, 5.74) is 10.5. The maximum Gasteiger partial charge on any atom is 0.119 e. The third-order valence-corrected chi connectivity index (χ3v) is 2.98. The molecule has 0 aliphatic heterocycles. The van der Waals surface area contributed by atoms with Gasteiger partial charge in [0.1, 0.15) is 5.75 Å². The first kappa shape index (κ1) is 12.7. The highest BCUT2D eigenvalue weighted by Crippen LogP contribution is 2.27. The van der Waals surface area contributed by atoms with E-state index < -0.39 is 0 Å². The van der Waals surface area contributed by atoms with E-state index in [9.17, 15) is 0 Å². The molecule has 0 amide bonds. The van der Waals surface area contributed by atoms with Crippen molar-refractivity contribution < 1.29 is 4.74 Å². The van der Waals surface area contributed by atoms with Crippen LogP contribution in [0.2, 0.25) is 0 Å². The molecule has 0 aliphatic rings. The van der Waals surface area contributed by atoms with Crippen molar-refractivity contribution in [2.45, 2.75) is 20.4 Å². The van der Waals surface area contributed by atoms with Crippen molar-refractivity contribution >= 4 is 0 Å². The highest BCUT2D eigenvalue weighted by Gasteiger charge is 2.04. The molecule has 0 bridgehead atoms. The zero-order valence-electron chi connectivity index (χ0n) is 10.9. The molecule has 0 heterocycles. The molecule has 0 aromatic heterocycles. The quantitative estimate of drug-likeness (QED) is 0.889.